The van der Waals surface area contributed by atoms with Gasteiger partial charge in [-0.25, -0.2) is 0 Å². The van der Waals surface area contributed by atoms with Gasteiger partial charge in [-0.05, 0) is 61.5 Å². The molecule has 7 nitrogen and oxygen atoms in total. The van der Waals surface area contributed by atoms with Crippen molar-refractivity contribution in [3.05, 3.63) is 77.2 Å². The molecule has 3 N–H and O–H groups in total. The number of hydrogen-bond donors (Lipinski definition) is 2. The third-order valence-corrected chi connectivity index (χ3v) is 6.34. The molecule has 0 spiro atoms. The van der Waals surface area contributed by atoms with Crippen LogP contribution < -0.4 is 5.73 Å². The Morgan fingerprint density at radius 1 is 1.16 bits per heavy atom. The Balaban J connectivity index is 0.000000258. The summed E-state index contributed by atoms with van der Waals surface area (Å²) in [5.74, 6) is 1.83. The van der Waals surface area contributed by atoms with E-state index in [0.717, 1.165) is 37.3 Å². The molecule has 0 amide bonds. The molecule has 1 aromatic heterocycles. The summed E-state index contributed by atoms with van der Waals surface area (Å²) in [6, 6.07) is 16.9. The summed E-state index contributed by atoms with van der Waals surface area (Å²) in [5, 5.41) is 9.99. The lowest BCUT2D eigenvalue weighted by Gasteiger charge is -2.19. The Bertz CT molecular complexity index is 1110. The fourth-order valence-corrected chi connectivity index (χ4v) is 3.97. The van der Waals surface area contributed by atoms with Crippen LogP contribution in [0.4, 0.5) is 0 Å². The molecular formula is C30H43N5O2. The van der Waals surface area contributed by atoms with Gasteiger partial charge in [0.15, 0.2) is 0 Å². The van der Waals surface area contributed by atoms with Crippen molar-refractivity contribution in [1.29, 1.82) is 5.41 Å². The van der Waals surface area contributed by atoms with Gasteiger partial charge in [0.25, 0.3) is 0 Å². The van der Waals surface area contributed by atoms with E-state index in [0.29, 0.717) is 18.3 Å². The topological polar surface area (TPSA) is 101 Å². The second-order valence-corrected chi connectivity index (χ2v) is 10.3. The normalized spacial score (nSPS) is 15.9. The summed E-state index contributed by atoms with van der Waals surface area (Å²) in [5.41, 5.74) is 10.7. The van der Waals surface area contributed by atoms with E-state index in [1.807, 2.05) is 6.92 Å². The fourth-order valence-electron chi connectivity index (χ4n) is 3.97. The lowest BCUT2D eigenvalue weighted by molar-refractivity contribution is 0.185. The first-order valence-corrected chi connectivity index (χ1v) is 12.7. The van der Waals surface area contributed by atoms with Crippen LogP contribution in [0.2, 0.25) is 0 Å². The van der Waals surface area contributed by atoms with Crippen LogP contribution in [0, 0.1) is 5.41 Å². The second kappa shape index (κ2) is 14.4. The highest BCUT2D eigenvalue weighted by atomic mass is 16.5. The molecule has 2 heterocycles. The predicted molar refractivity (Wildman–Crippen MR) is 153 cm³/mol. The SMILES string of the molecule is C/C=C(\C)c1ccc(-c2noc(C3CCN(C)C3)n2)cc1.COCc1ccc(C(C)(C)C)cc1.N=CN. The van der Waals surface area contributed by atoms with Crippen LogP contribution in [0.25, 0.3) is 17.0 Å². The van der Waals surface area contributed by atoms with Gasteiger partial charge in [-0.3, -0.25) is 5.41 Å². The molecule has 0 bridgehead atoms. The minimum absolute atomic E-state index is 0.242. The van der Waals surface area contributed by atoms with Crippen molar-refractivity contribution in [2.45, 2.75) is 59.0 Å². The van der Waals surface area contributed by atoms with Crippen molar-refractivity contribution in [2.75, 3.05) is 27.2 Å². The molecule has 200 valence electrons. The number of nitrogens with one attached hydrogen (secondary N) is 1. The Morgan fingerprint density at radius 2 is 1.78 bits per heavy atom. The van der Waals surface area contributed by atoms with Crippen molar-refractivity contribution in [3.8, 4) is 11.4 Å². The van der Waals surface area contributed by atoms with E-state index in [4.69, 9.17) is 14.7 Å². The molecule has 0 aliphatic carbocycles. The number of rotatable bonds is 5. The molecule has 4 rings (SSSR count). The average Bonchev–Trinajstić information content (AvgIpc) is 3.54. The zero-order chi connectivity index (χ0) is 27.4. The van der Waals surface area contributed by atoms with Gasteiger partial charge in [0.05, 0.1) is 18.9 Å². The van der Waals surface area contributed by atoms with Gasteiger partial charge in [-0.15, -0.1) is 0 Å². The molecular weight excluding hydrogens is 462 g/mol. The number of allylic oxidation sites excluding steroid dienone is 2. The van der Waals surface area contributed by atoms with Crippen LogP contribution in [0.3, 0.4) is 0 Å². The van der Waals surface area contributed by atoms with Gasteiger partial charge in [-0.2, -0.15) is 4.98 Å². The molecule has 37 heavy (non-hydrogen) atoms. The van der Waals surface area contributed by atoms with Gasteiger partial charge in [0, 0.05) is 19.2 Å². The van der Waals surface area contributed by atoms with Gasteiger partial charge < -0.3 is 19.9 Å². The number of hydrogen-bond acceptors (Lipinski definition) is 6. The molecule has 1 atom stereocenters. The van der Waals surface area contributed by atoms with Gasteiger partial charge in [-0.1, -0.05) is 80.5 Å². The minimum atomic E-state index is 0.242. The highest BCUT2D eigenvalue weighted by Gasteiger charge is 2.26. The van der Waals surface area contributed by atoms with E-state index in [-0.39, 0.29) is 5.41 Å². The zero-order valence-electron chi connectivity index (χ0n) is 23.4. The molecule has 1 saturated heterocycles. The van der Waals surface area contributed by atoms with Crippen molar-refractivity contribution in [2.24, 2.45) is 5.73 Å². The zero-order valence-corrected chi connectivity index (χ0v) is 23.4. The van der Waals surface area contributed by atoms with E-state index in [1.165, 1.54) is 22.3 Å². The number of likely N-dealkylation sites (tertiary alicyclic amines) is 1. The van der Waals surface area contributed by atoms with E-state index < -0.39 is 0 Å². The van der Waals surface area contributed by atoms with Crippen molar-refractivity contribution < 1.29 is 9.26 Å². The highest BCUT2D eigenvalue weighted by molar-refractivity contribution is 5.66. The Hall–Kier alpha value is -3.29. The Kier molecular flexibility index (Phi) is 11.7. The Labute approximate surface area is 222 Å². The molecule has 3 aromatic rings. The molecule has 2 aromatic carbocycles. The average molecular weight is 506 g/mol. The fraction of sp³-hybridized carbons (Fsp3) is 0.433. The first-order valence-electron chi connectivity index (χ1n) is 12.7. The number of aromatic nitrogens is 2. The van der Waals surface area contributed by atoms with Crippen molar-refractivity contribution in [3.63, 3.8) is 0 Å². The van der Waals surface area contributed by atoms with Crippen LogP contribution in [-0.4, -0.2) is 48.6 Å². The number of likely N-dealkylation sites (N-methyl/N-ethyl adjacent to an activating group) is 1. The number of ether oxygens (including phenoxy) is 1. The number of nitrogens with two attached hydrogens (primary N) is 1. The van der Waals surface area contributed by atoms with Crippen LogP contribution in [0.5, 0.6) is 0 Å². The lowest BCUT2D eigenvalue weighted by Crippen LogP contribution is -2.13. The maximum absolute atomic E-state index is 5.86. The van der Waals surface area contributed by atoms with Gasteiger partial charge in [0.2, 0.25) is 11.7 Å². The minimum Gasteiger partial charge on any atom is -0.390 e. The van der Waals surface area contributed by atoms with Crippen LogP contribution >= 0.6 is 0 Å². The van der Waals surface area contributed by atoms with Crippen molar-refractivity contribution in [1.82, 2.24) is 15.0 Å². The molecule has 7 heteroatoms. The molecule has 0 radical (unpaired) electrons. The standard InChI is InChI=1S/C17H21N3O.C12H18O.CH4N2/c1-4-12(2)13-5-7-14(8-6-13)16-18-17(21-19-16)15-9-10-20(3)11-15;1-12(2,3)11-7-5-10(6-8-11)9-13-4;2-1-3/h4-8,15H,9-11H2,1-3H3;5-8H,9H2,1-4H3;1H,(H3,2,3)/b12-4+;;. The lowest BCUT2D eigenvalue weighted by atomic mass is 9.87. The third kappa shape index (κ3) is 9.26. The third-order valence-electron chi connectivity index (χ3n) is 6.34. The summed E-state index contributed by atoms with van der Waals surface area (Å²) in [7, 11) is 3.84. The van der Waals surface area contributed by atoms with Crippen LogP contribution in [0.15, 0.2) is 59.1 Å². The van der Waals surface area contributed by atoms with E-state index in [2.05, 4.69) is 110 Å². The summed E-state index contributed by atoms with van der Waals surface area (Å²) in [6.45, 7) is 13.6. The molecule has 0 saturated carbocycles. The molecule has 1 unspecified atom stereocenters. The summed E-state index contributed by atoms with van der Waals surface area (Å²) < 4.78 is 10.5. The van der Waals surface area contributed by atoms with E-state index in [1.54, 1.807) is 7.11 Å². The van der Waals surface area contributed by atoms with E-state index >= 15 is 0 Å². The first kappa shape index (κ1) is 29.9. The Morgan fingerprint density at radius 3 is 2.27 bits per heavy atom. The maximum atomic E-state index is 5.86. The molecule has 1 fully saturated rings. The van der Waals surface area contributed by atoms with Gasteiger partial charge >= 0.3 is 0 Å². The van der Waals surface area contributed by atoms with E-state index in [9.17, 15) is 0 Å². The predicted octanol–water partition coefficient (Wildman–Crippen LogP) is 6.26. The maximum Gasteiger partial charge on any atom is 0.231 e. The number of methoxy groups -OCH3 is 1. The van der Waals surface area contributed by atoms with Crippen LogP contribution in [-0.2, 0) is 16.8 Å². The summed E-state index contributed by atoms with van der Waals surface area (Å²) in [6.07, 6.45) is 3.95. The largest absolute Gasteiger partial charge is 0.390 e. The summed E-state index contributed by atoms with van der Waals surface area (Å²) >= 11 is 0. The van der Waals surface area contributed by atoms with Gasteiger partial charge in [0.1, 0.15) is 0 Å². The monoisotopic (exact) mass is 505 g/mol. The quantitative estimate of drug-likeness (QED) is 0.313. The smallest absolute Gasteiger partial charge is 0.231 e. The van der Waals surface area contributed by atoms with Crippen molar-refractivity contribution >= 4 is 11.9 Å². The molecule has 1 aliphatic heterocycles. The first-order chi connectivity index (χ1) is 17.6. The highest BCUT2D eigenvalue weighted by Crippen LogP contribution is 2.27. The van der Waals surface area contributed by atoms with Crippen LogP contribution in [0.1, 0.15) is 69.5 Å². The summed E-state index contributed by atoms with van der Waals surface area (Å²) in [4.78, 5) is 6.87. The number of benzene rings is 2. The second-order valence-electron chi connectivity index (χ2n) is 10.3. The molecule has 1 aliphatic rings. The number of nitrogens with zero attached hydrogens (tertiary/aromatic N) is 3.